The van der Waals surface area contributed by atoms with Gasteiger partial charge in [-0.2, -0.15) is 33.7 Å². The minimum atomic E-state index is -5.78. The van der Waals surface area contributed by atoms with E-state index < -0.39 is 30.7 Å². The van der Waals surface area contributed by atoms with Crippen molar-refractivity contribution in [3.8, 4) is 5.75 Å². The third-order valence-electron chi connectivity index (χ3n) is 3.57. The van der Waals surface area contributed by atoms with Gasteiger partial charge in [0.05, 0.1) is 11.3 Å². The summed E-state index contributed by atoms with van der Waals surface area (Å²) in [5.74, 6) is 0.587. The van der Waals surface area contributed by atoms with Crippen molar-refractivity contribution in [2.45, 2.75) is 30.4 Å². The van der Waals surface area contributed by atoms with Gasteiger partial charge in [0.15, 0.2) is 0 Å². The molecule has 0 aliphatic rings. The van der Waals surface area contributed by atoms with Crippen LogP contribution >= 0.6 is 46.6 Å². The first-order chi connectivity index (χ1) is 12.8. The second-order valence-corrected chi connectivity index (χ2v) is 10.1. The van der Waals surface area contributed by atoms with Gasteiger partial charge in [0, 0.05) is 22.0 Å². The molecule has 1 aromatic carbocycles. The average molecular weight is 553 g/mol. The zero-order valence-corrected chi connectivity index (χ0v) is 18.3. The number of rotatable bonds is 8. The summed E-state index contributed by atoms with van der Waals surface area (Å²) in [6, 6.07) is 3.11. The Morgan fingerprint density at radius 2 is 1.86 bits per heavy atom. The standard InChI is InChI=1S/C15H15BrF5O4PS2.Na.H/c1-27-7-8-5-9-11(16)13(15(20,21)26(22,23)24)28-12(9)10(6-8)25-4-2-3-14(17,18)19;;/h5-6H,2-4,7H2,1H3,(H2,22,23,24);;. The maximum absolute atomic E-state index is 14.2. The van der Waals surface area contributed by atoms with Crippen LogP contribution in [-0.2, 0) is 16.0 Å². The van der Waals surface area contributed by atoms with Crippen LogP contribution in [0.4, 0.5) is 22.0 Å². The van der Waals surface area contributed by atoms with E-state index in [-0.39, 0.29) is 62.9 Å². The van der Waals surface area contributed by atoms with Crippen molar-refractivity contribution in [1.29, 1.82) is 0 Å². The van der Waals surface area contributed by atoms with Gasteiger partial charge in [-0.3, -0.25) is 4.57 Å². The fourth-order valence-corrected chi connectivity index (χ4v) is 5.81. The molecule has 0 atom stereocenters. The van der Waals surface area contributed by atoms with Crippen molar-refractivity contribution >= 4 is 86.3 Å². The third kappa shape index (κ3) is 6.79. The normalized spacial score (nSPS) is 12.9. The third-order valence-corrected chi connectivity index (χ3v) is 7.67. The van der Waals surface area contributed by atoms with E-state index in [4.69, 9.17) is 14.5 Å². The Bertz CT molecular complexity index is 903. The molecule has 2 rings (SSSR count). The van der Waals surface area contributed by atoms with Crippen LogP contribution in [0.15, 0.2) is 16.6 Å². The van der Waals surface area contributed by atoms with Crippen LogP contribution in [0.2, 0.25) is 0 Å². The number of ether oxygens (including phenoxy) is 1. The molecular formula is C15H16BrF5NaO4PS2. The van der Waals surface area contributed by atoms with Crippen LogP contribution in [0.3, 0.4) is 0 Å². The molecule has 1 heterocycles. The Kier molecular flexibility index (Phi) is 9.99. The number of benzene rings is 1. The molecule has 0 unspecified atom stereocenters. The number of halogens is 6. The molecule has 0 spiro atoms. The topological polar surface area (TPSA) is 66.8 Å². The number of thioether (sulfide) groups is 1. The number of hydrogen-bond donors (Lipinski definition) is 2. The molecule has 0 bridgehead atoms. The Labute approximate surface area is 202 Å². The van der Waals surface area contributed by atoms with Gasteiger partial charge in [-0.1, -0.05) is 0 Å². The van der Waals surface area contributed by atoms with E-state index in [0.717, 1.165) is 0 Å². The van der Waals surface area contributed by atoms with E-state index in [1.807, 2.05) is 6.26 Å². The summed E-state index contributed by atoms with van der Waals surface area (Å²) >= 11 is 4.85. The van der Waals surface area contributed by atoms with Gasteiger partial charge < -0.3 is 14.5 Å². The first-order valence-electron chi connectivity index (χ1n) is 7.65. The Balaban J connectivity index is 0.00000420. The number of alkyl halides is 5. The van der Waals surface area contributed by atoms with E-state index in [0.29, 0.717) is 22.7 Å². The van der Waals surface area contributed by atoms with E-state index in [1.54, 1.807) is 6.07 Å². The van der Waals surface area contributed by atoms with E-state index in [1.165, 1.54) is 17.8 Å². The molecule has 0 aliphatic heterocycles. The molecule has 2 aromatic rings. The molecule has 4 nitrogen and oxygen atoms in total. The summed E-state index contributed by atoms with van der Waals surface area (Å²) < 4.78 is 81.9. The van der Waals surface area contributed by atoms with Crippen LogP contribution in [0.5, 0.6) is 5.75 Å². The van der Waals surface area contributed by atoms with Gasteiger partial charge >= 0.3 is 49.0 Å². The zero-order valence-electron chi connectivity index (χ0n) is 14.2. The van der Waals surface area contributed by atoms with Crippen LogP contribution in [0, 0.1) is 0 Å². The van der Waals surface area contributed by atoms with Crippen LogP contribution in [0.1, 0.15) is 23.3 Å². The number of thiophene rings is 1. The zero-order chi connectivity index (χ0) is 21.3. The molecule has 0 amide bonds. The summed E-state index contributed by atoms with van der Waals surface area (Å²) in [5, 5.41) is 0.255. The van der Waals surface area contributed by atoms with Crippen molar-refractivity contribution in [1.82, 2.24) is 0 Å². The molecule has 14 heteroatoms. The fourth-order valence-electron chi connectivity index (χ4n) is 2.33. The van der Waals surface area contributed by atoms with Gasteiger partial charge in [-0.15, -0.1) is 11.3 Å². The van der Waals surface area contributed by atoms with Crippen molar-refractivity contribution in [3.63, 3.8) is 0 Å². The average Bonchev–Trinajstić information content (AvgIpc) is 2.88. The molecule has 2 N–H and O–H groups in total. The summed E-state index contributed by atoms with van der Waals surface area (Å²) in [6.45, 7) is -0.281. The summed E-state index contributed by atoms with van der Waals surface area (Å²) in [4.78, 5) is 17.2. The number of hydrogen-bond acceptors (Lipinski definition) is 4. The van der Waals surface area contributed by atoms with E-state index >= 15 is 0 Å². The molecule has 29 heavy (non-hydrogen) atoms. The van der Waals surface area contributed by atoms with Crippen LogP contribution in [-0.4, -0.2) is 58.4 Å². The second kappa shape index (κ2) is 10.5. The first-order valence-corrected chi connectivity index (χ1v) is 12.3. The Hall–Kier alpha value is 0.610. The summed E-state index contributed by atoms with van der Waals surface area (Å²) in [6.07, 6.45) is -3.87. The van der Waals surface area contributed by atoms with E-state index in [9.17, 15) is 26.5 Å². The SMILES string of the molecule is CSCc1cc(OCCCC(F)(F)F)c2sc(C(F)(F)P(=O)(O)O)c(Br)c2c1.[NaH]. The van der Waals surface area contributed by atoms with Gasteiger partial charge in [0.2, 0.25) is 0 Å². The molecule has 1 aromatic heterocycles. The fraction of sp³-hybridized carbons (Fsp3) is 0.467. The monoisotopic (exact) mass is 552 g/mol. The van der Waals surface area contributed by atoms with Gasteiger partial charge in [-0.05, 0) is 46.3 Å². The Morgan fingerprint density at radius 3 is 2.38 bits per heavy atom. The minimum absolute atomic E-state index is 0. The molecule has 0 aliphatic carbocycles. The predicted molar refractivity (Wildman–Crippen MR) is 111 cm³/mol. The molecule has 0 saturated heterocycles. The second-order valence-electron chi connectivity index (χ2n) is 5.80. The first kappa shape index (κ1) is 27.6. The van der Waals surface area contributed by atoms with Gasteiger partial charge in [-0.25, -0.2) is 0 Å². The van der Waals surface area contributed by atoms with E-state index in [2.05, 4.69) is 15.9 Å². The van der Waals surface area contributed by atoms with Crippen LogP contribution in [0.25, 0.3) is 10.1 Å². The van der Waals surface area contributed by atoms with Crippen LogP contribution < -0.4 is 4.74 Å². The van der Waals surface area contributed by atoms with Crippen molar-refractivity contribution in [2.75, 3.05) is 12.9 Å². The molecule has 160 valence electrons. The molecule has 0 saturated carbocycles. The van der Waals surface area contributed by atoms with Crippen molar-refractivity contribution < 1.29 is 41.0 Å². The molecular weight excluding hydrogens is 537 g/mol. The quantitative estimate of drug-likeness (QED) is 0.187. The van der Waals surface area contributed by atoms with Crippen molar-refractivity contribution in [3.05, 3.63) is 27.0 Å². The van der Waals surface area contributed by atoms with Gasteiger partial charge in [0.25, 0.3) is 0 Å². The summed E-state index contributed by atoms with van der Waals surface area (Å²) in [5.41, 5.74) is -3.74. The maximum atomic E-state index is 14.2. The van der Waals surface area contributed by atoms with Crippen molar-refractivity contribution in [2.24, 2.45) is 0 Å². The molecule has 0 fully saturated rings. The molecule has 0 radical (unpaired) electrons. The van der Waals surface area contributed by atoms with Gasteiger partial charge in [0.1, 0.15) is 10.6 Å². The predicted octanol–water partition coefficient (Wildman–Crippen LogP) is 5.83. The number of fused-ring (bicyclic) bond motifs is 1. The summed E-state index contributed by atoms with van der Waals surface area (Å²) in [7, 11) is -5.78. The Morgan fingerprint density at radius 1 is 1.24 bits per heavy atom.